The smallest absolute Gasteiger partial charge is 0.270 e. The molecule has 1 amide bonds. The van der Waals surface area contributed by atoms with Gasteiger partial charge in [0, 0.05) is 17.5 Å². The molecule has 1 saturated heterocycles. The van der Waals surface area contributed by atoms with Gasteiger partial charge in [0.25, 0.3) is 5.91 Å². The summed E-state index contributed by atoms with van der Waals surface area (Å²) in [5, 5.41) is 22.0. The fourth-order valence-corrected chi connectivity index (χ4v) is 5.37. The minimum absolute atomic E-state index is 0.0252. The maximum absolute atomic E-state index is 12.9. The van der Waals surface area contributed by atoms with Crippen LogP contribution in [0.1, 0.15) is 41.4 Å². The van der Waals surface area contributed by atoms with Crippen molar-refractivity contribution in [2.45, 2.75) is 42.5 Å². The lowest BCUT2D eigenvalue weighted by atomic mass is 9.91. The number of fused-ring (bicyclic) bond motifs is 2. The molecular weight excluding hydrogens is 466 g/mol. The molecule has 2 aliphatic heterocycles. The third-order valence-corrected chi connectivity index (χ3v) is 7.27. The van der Waals surface area contributed by atoms with Gasteiger partial charge < -0.3 is 25.8 Å². The van der Waals surface area contributed by atoms with Crippen LogP contribution in [0.25, 0.3) is 10.9 Å². The molecule has 4 N–H and O–H groups in total. The van der Waals surface area contributed by atoms with E-state index in [2.05, 4.69) is 25.9 Å². The molecule has 2 unspecified atom stereocenters. The number of nitrogens with one attached hydrogen (secondary N) is 3. The average Bonchev–Trinajstić information content (AvgIpc) is 2.87. The zero-order chi connectivity index (χ0) is 24.4. The fraction of sp³-hybridized carbons (Fsp3) is 0.360. The fourth-order valence-electron chi connectivity index (χ4n) is 4.62. The van der Waals surface area contributed by atoms with Gasteiger partial charge in [-0.15, -0.1) is 0 Å². The number of rotatable bonds is 6. The van der Waals surface area contributed by atoms with Crippen LogP contribution >= 0.6 is 11.8 Å². The minimum atomic E-state index is -0.691. The number of carbonyl (C=O) groups is 2. The van der Waals surface area contributed by atoms with E-state index in [1.807, 2.05) is 24.3 Å². The van der Waals surface area contributed by atoms with E-state index >= 15 is 0 Å². The summed E-state index contributed by atoms with van der Waals surface area (Å²) >= 11 is 1.05. The van der Waals surface area contributed by atoms with Crippen molar-refractivity contribution < 1.29 is 19.4 Å². The lowest BCUT2D eigenvalue weighted by Gasteiger charge is -2.32. The van der Waals surface area contributed by atoms with Gasteiger partial charge in [-0.1, -0.05) is 12.1 Å². The Hall–Kier alpha value is -3.21. The highest BCUT2D eigenvalue weighted by Crippen LogP contribution is 2.31. The maximum Gasteiger partial charge on any atom is 0.270 e. The van der Waals surface area contributed by atoms with Gasteiger partial charge in [-0.25, -0.2) is 4.98 Å². The van der Waals surface area contributed by atoms with Gasteiger partial charge in [-0.05, 0) is 67.4 Å². The third-order valence-electron chi connectivity index (χ3n) is 6.39. The Bertz CT molecular complexity index is 1270. The summed E-state index contributed by atoms with van der Waals surface area (Å²) in [6.07, 6.45) is 2.95. The lowest BCUT2D eigenvalue weighted by molar-refractivity contribution is -0.109. The second-order valence-corrected chi connectivity index (χ2v) is 9.81. The first-order valence-electron chi connectivity index (χ1n) is 11.6. The van der Waals surface area contributed by atoms with Gasteiger partial charge >= 0.3 is 0 Å². The van der Waals surface area contributed by atoms with Crippen molar-refractivity contribution in [1.29, 1.82) is 0 Å². The number of aliphatic hydroxyl groups excluding tert-OH is 1. The first kappa shape index (κ1) is 23.5. The SMILES string of the molecule is COc1cnc2cccc(C(O)C[C@H]3CC(NC(=O)c4ccc5c(n4)SC(=O)CN5)CCN3)c2c1. The van der Waals surface area contributed by atoms with Crippen LogP contribution in [0.2, 0.25) is 0 Å². The number of hydrogen-bond donors (Lipinski definition) is 4. The number of carbonyl (C=O) groups excluding carboxylic acids is 2. The molecular formula is C25H27N5O4S. The highest BCUT2D eigenvalue weighted by molar-refractivity contribution is 8.13. The normalized spacial score (nSPS) is 20.6. The Morgan fingerprint density at radius 3 is 3.09 bits per heavy atom. The molecule has 9 nitrogen and oxygen atoms in total. The van der Waals surface area contributed by atoms with Crippen LogP contribution in [-0.2, 0) is 4.79 Å². The first-order valence-corrected chi connectivity index (χ1v) is 12.4. The Labute approximate surface area is 207 Å². The molecule has 2 aliphatic rings. The van der Waals surface area contributed by atoms with E-state index in [-0.39, 0.29) is 29.7 Å². The zero-order valence-corrected chi connectivity index (χ0v) is 20.1. The standard InChI is InChI=1S/C25H27N5O4S/c1-34-16-11-18-17(3-2-4-19(18)27-12-16)22(31)10-15-9-14(7-8-26-15)29-24(33)20-5-6-21-25(30-20)35-23(32)13-28-21/h2-6,11-12,14-15,22,26,28,31H,7-10,13H2,1H3,(H,29,33)/t14?,15-,22?/m1/s1. The number of aliphatic hydroxyl groups is 1. The summed E-state index contributed by atoms with van der Waals surface area (Å²) in [4.78, 5) is 33.3. The summed E-state index contributed by atoms with van der Waals surface area (Å²) in [6.45, 7) is 0.995. The molecule has 5 rings (SSSR count). The number of ether oxygens (including phenoxy) is 1. The summed E-state index contributed by atoms with van der Waals surface area (Å²) < 4.78 is 5.31. The number of thioether (sulfide) groups is 1. The molecule has 0 radical (unpaired) electrons. The molecule has 182 valence electrons. The molecule has 1 aromatic carbocycles. The summed E-state index contributed by atoms with van der Waals surface area (Å²) in [6, 6.07) is 11.1. The first-order chi connectivity index (χ1) is 17.0. The molecule has 3 aromatic rings. The van der Waals surface area contributed by atoms with Crippen LogP contribution < -0.4 is 20.7 Å². The number of pyridine rings is 2. The lowest BCUT2D eigenvalue weighted by Crippen LogP contribution is -2.48. The molecule has 0 saturated carbocycles. The van der Waals surface area contributed by atoms with E-state index in [0.29, 0.717) is 29.3 Å². The number of amides is 1. The molecule has 35 heavy (non-hydrogen) atoms. The number of hydrogen-bond acceptors (Lipinski definition) is 9. The van der Waals surface area contributed by atoms with Gasteiger partial charge in [-0.2, -0.15) is 0 Å². The molecule has 0 bridgehead atoms. The van der Waals surface area contributed by atoms with E-state index in [9.17, 15) is 14.7 Å². The van der Waals surface area contributed by atoms with Gasteiger partial charge in [-0.3, -0.25) is 14.6 Å². The summed E-state index contributed by atoms with van der Waals surface area (Å²) in [7, 11) is 1.59. The van der Waals surface area contributed by atoms with Crippen molar-refractivity contribution in [2.24, 2.45) is 0 Å². The molecule has 4 heterocycles. The molecule has 2 aromatic heterocycles. The summed E-state index contributed by atoms with van der Waals surface area (Å²) in [5.41, 5.74) is 2.67. The molecule has 1 fully saturated rings. The second kappa shape index (κ2) is 10.2. The average molecular weight is 494 g/mol. The monoisotopic (exact) mass is 493 g/mol. The molecule has 10 heteroatoms. The van der Waals surface area contributed by atoms with Gasteiger partial charge in [0.2, 0.25) is 5.12 Å². The van der Waals surface area contributed by atoms with Gasteiger partial charge in [0.05, 0.1) is 37.2 Å². The van der Waals surface area contributed by atoms with Gasteiger partial charge in [0.15, 0.2) is 0 Å². The molecule has 3 atom stereocenters. The number of nitrogens with zero attached hydrogens (tertiary/aromatic N) is 2. The van der Waals surface area contributed by atoms with Crippen molar-refractivity contribution in [1.82, 2.24) is 20.6 Å². The predicted octanol–water partition coefficient (Wildman–Crippen LogP) is 2.66. The topological polar surface area (TPSA) is 125 Å². The van der Waals surface area contributed by atoms with Crippen LogP contribution in [0.15, 0.2) is 47.6 Å². The molecule has 0 aliphatic carbocycles. The number of benzene rings is 1. The van der Waals surface area contributed by atoms with E-state index < -0.39 is 6.10 Å². The van der Waals surface area contributed by atoms with Crippen molar-refractivity contribution in [3.63, 3.8) is 0 Å². The number of piperidine rings is 1. The van der Waals surface area contributed by atoms with Crippen LogP contribution in [0.4, 0.5) is 5.69 Å². The van der Waals surface area contributed by atoms with Crippen molar-refractivity contribution in [3.8, 4) is 5.75 Å². The number of aromatic nitrogens is 2. The van der Waals surface area contributed by atoms with E-state index in [0.717, 1.165) is 46.9 Å². The number of anilines is 1. The van der Waals surface area contributed by atoms with Crippen molar-refractivity contribution in [2.75, 3.05) is 25.5 Å². The van der Waals surface area contributed by atoms with Crippen LogP contribution in [0, 0.1) is 0 Å². The van der Waals surface area contributed by atoms with Crippen molar-refractivity contribution >= 4 is 39.4 Å². The zero-order valence-electron chi connectivity index (χ0n) is 19.3. The quantitative estimate of drug-likeness (QED) is 0.410. The highest BCUT2D eigenvalue weighted by atomic mass is 32.2. The maximum atomic E-state index is 12.9. The highest BCUT2D eigenvalue weighted by Gasteiger charge is 2.27. The number of methoxy groups -OCH3 is 1. The molecule has 0 spiro atoms. The summed E-state index contributed by atoms with van der Waals surface area (Å²) in [5.74, 6) is 0.384. The predicted molar refractivity (Wildman–Crippen MR) is 134 cm³/mol. The second-order valence-electron chi connectivity index (χ2n) is 8.76. The Kier molecular flexibility index (Phi) is 6.85. The Balaban J connectivity index is 1.24. The third kappa shape index (κ3) is 5.24. The Morgan fingerprint density at radius 2 is 2.23 bits per heavy atom. The van der Waals surface area contributed by atoms with E-state index in [1.165, 1.54) is 0 Å². The van der Waals surface area contributed by atoms with E-state index in [1.54, 1.807) is 25.4 Å². The van der Waals surface area contributed by atoms with Crippen molar-refractivity contribution in [3.05, 3.63) is 53.9 Å². The largest absolute Gasteiger partial charge is 0.495 e. The van der Waals surface area contributed by atoms with E-state index in [4.69, 9.17) is 4.74 Å². The van der Waals surface area contributed by atoms with Crippen LogP contribution in [0.5, 0.6) is 5.75 Å². The minimum Gasteiger partial charge on any atom is -0.495 e. The Morgan fingerprint density at radius 1 is 1.34 bits per heavy atom. The van der Waals surface area contributed by atoms with Gasteiger partial charge in [0.1, 0.15) is 16.5 Å². The van der Waals surface area contributed by atoms with Crippen LogP contribution in [-0.4, -0.2) is 58.4 Å². The van der Waals surface area contributed by atoms with Crippen LogP contribution in [0.3, 0.4) is 0 Å².